The van der Waals surface area contributed by atoms with Crippen LogP contribution in [0.5, 0.6) is 0 Å². The highest BCUT2D eigenvalue weighted by atomic mass is 32.2. The molecule has 1 aliphatic rings. The Morgan fingerprint density at radius 1 is 1.46 bits per heavy atom. The van der Waals surface area contributed by atoms with Gasteiger partial charge in [0, 0.05) is 13.1 Å². The van der Waals surface area contributed by atoms with Gasteiger partial charge >= 0.3 is 0 Å². The molecule has 3 nitrogen and oxygen atoms in total. The SMILES string of the molecule is C/C=C/CS(=O)(=O)N1CC=CCC1. The molecule has 0 aromatic carbocycles. The maximum Gasteiger partial charge on any atom is 0.217 e. The van der Waals surface area contributed by atoms with Crippen LogP contribution in [0.15, 0.2) is 24.3 Å². The van der Waals surface area contributed by atoms with Gasteiger partial charge in [0.15, 0.2) is 0 Å². The quantitative estimate of drug-likeness (QED) is 0.642. The van der Waals surface area contributed by atoms with Crippen LogP contribution in [0, 0.1) is 0 Å². The van der Waals surface area contributed by atoms with Crippen LogP contribution in [0.25, 0.3) is 0 Å². The Bertz CT molecular complexity index is 304. The summed E-state index contributed by atoms with van der Waals surface area (Å²) in [5.74, 6) is 0.122. The molecule has 0 amide bonds. The topological polar surface area (TPSA) is 37.4 Å². The summed E-state index contributed by atoms with van der Waals surface area (Å²) in [5, 5.41) is 0. The van der Waals surface area contributed by atoms with Crippen molar-refractivity contribution in [2.75, 3.05) is 18.8 Å². The van der Waals surface area contributed by atoms with Crippen molar-refractivity contribution in [1.29, 1.82) is 0 Å². The van der Waals surface area contributed by atoms with Crippen LogP contribution in [0.2, 0.25) is 0 Å². The molecule has 1 heterocycles. The van der Waals surface area contributed by atoms with Gasteiger partial charge in [0.05, 0.1) is 5.75 Å². The highest BCUT2D eigenvalue weighted by Gasteiger charge is 2.19. The number of sulfonamides is 1. The Kier molecular flexibility index (Phi) is 3.69. The second kappa shape index (κ2) is 4.58. The molecule has 4 heteroatoms. The summed E-state index contributed by atoms with van der Waals surface area (Å²) in [6, 6.07) is 0. The Balaban J connectivity index is 2.63. The number of nitrogens with zero attached hydrogens (tertiary/aromatic N) is 1. The van der Waals surface area contributed by atoms with Crippen molar-refractivity contribution < 1.29 is 8.42 Å². The predicted octanol–water partition coefficient (Wildman–Crippen LogP) is 1.15. The second-order valence-corrected chi connectivity index (χ2v) is 4.98. The van der Waals surface area contributed by atoms with E-state index in [-0.39, 0.29) is 5.75 Å². The van der Waals surface area contributed by atoms with Crippen molar-refractivity contribution in [3.05, 3.63) is 24.3 Å². The van der Waals surface area contributed by atoms with E-state index >= 15 is 0 Å². The average molecular weight is 201 g/mol. The molecule has 0 radical (unpaired) electrons. The molecule has 0 aliphatic carbocycles. The summed E-state index contributed by atoms with van der Waals surface area (Å²) in [7, 11) is -3.05. The van der Waals surface area contributed by atoms with Gasteiger partial charge in [-0.1, -0.05) is 24.3 Å². The van der Waals surface area contributed by atoms with Crippen molar-refractivity contribution >= 4 is 10.0 Å². The summed E-state index contributed by atoms with van der Waals surface area (Å²) >= 11 is 0. The van der Waals surface area contributed by atoms with Crippen LogP contribution in [0.4, 0.5) is 0 Å². The first-order valence-corrected chi connectivity index (χ1v) is 6.01. The zero-order valence-electron chi connectivity index (χ0n) is 7.81. The Morgan fingerprint density at radius 2 is 2.23 bits per heavy atom. The standard InChI is InChI=1S/C9H15NO2S/c1-2-3-9-13(11,12)10-7-5-4-6-8-10/h2-5H,6-9H2,1H3/b3-2+. The molecule has 0 spiro atoms. The van der Waals surface area contributed by atoms with Crippen molar-refractivity contribution in [3.8, 4) is 0 Å². The van der Waals surface area contributed by atoms with Crippen LogP contribution in [0.1, 0.15) is 13.3 Å². The molecular formula is C9H15NO2S. The van der Waals surface area contributed by atoms with Crippen LogP contribution in [-0.2, 0) is 10.0 Å². The monoisotopic (exact) mass is 201 g/mol. The molecule has 1 rings (SSSR count). The maximum absolute atomic E-state index is 11.6. The molecule has 0 saturated carbocycles. The second-order valence-electron chi connectivity index (χ2n) is 2.97. The third-order valence-corrected chi connectivity index (χ3v) is 3.69. The molecule has 13 heavy (non-hydrogen) atoms. The summed E-state index contributed by atoms with van der Waals surface area (Å²) < 4.78 is 24.7. The highest BCUT2D eigenvalue weighted by Crippen LogP contribution is 2.08. The third-order valence-electron chi connectivity index (χ3n) is 1.96. The lowest BCUT2D eigenvalue weighted by molar-refractivity contribution is 0.440. The van der Waals surface area contributed by atoms with Gasteiger partial charge in [0.2, 0.25) is 10.0 Å². The van der Waals surface area contributed by atoms with E-state index in [4.69, 9.17) is 0 Å². The zero-order chi connectivity index (χ0) is 9.73. The number of allylic oxidation sites excluding steroid dienone is 1. The molecule has 0 saturated heterocycles. The van der Waals surface area contributed by atoms with E-state index in [2.05, 4.69) is 0 Å². The first-order chi connectivity index (χ1) is 6.17. The minimum atomic E-state index is -3.05. The lowest BCUT2D eigenvalue weighted by Crippen LogP contribution is -2.35. The average Bonchev–Trinajstić information content (AvgIpc) is 2.16. The molecular weight excluding hydrogens is 186 g/mol. The fourth-order valence-corrected chi connectivity index (χ4v) is 2.54. The smallest absolute Gasteiger partial charge is 0.212 e. The van der Waals surface area contributed by atoms with Crippen LogP contribution in [-0.4, -0.2) is 31.6 Å². The normalized spacial score (nSPS) is 19.8. The van der Waals surface area contributed by atoms with Gasteiger partial charge < -0.3 is 0 Å². The summed E-state index contributed by atoms with van der Waals surface area (Å²) in [5.41, 5.74) is 0. The summed E-state index contributed by atoms with van der Waals surface area (Å²) in [6.07, 6.45) is 8.18. The van der Waals surface area contributed by atoms with Crippen LogP contribution in [0.3, 0.4) is 0 Å². The zero-order valence-corrected chi connectivity index (χ0v) is 8.63. The van der Waals surface area contributed by atoms with E-state index in [0.717, 1.165) is 6.42 Å². The van der Waals surface area contributed by atoms with Crippen LogP contribution >= 0.6 is 0 Å². The predicted molar refractivity (Wildman–Crippen MR) is 53.9 cm³/mol. The molecule has 0 fully saturated rings. The van der Waals surface area contributed by atoms with E-state index in [1.165, 1.54) is 4.31 Å². The largest absolute Gasteiger partial charge is 0.217 e. The first-order valence-electron chi connectivity index (χ1n) is 4.41. The van der Waals surface area contributed by atoms with E-state index < -0.39 is 10.0 Å². The van der Waals surface area contributed by atoms with Gasteiger partial charge in [0.1, 0.15) is 0 Å². The van der Waals surface area contributed by atoms with Gasteiger partial charge in [-0.3, -0.25) is 0 Å². The van der Waals surface area contributed by atoms with Crippen molar-refractivity contribution in [3.63, 3.8) is 0 Å². The fourth-order valence-electron chi connectivity index (χ4n) is 1.20. The van der Waals surface area contributed by atoms with Crippen molar-refractivity contribution in [2.24, 2.45) is 0 Å². The Hall–Kier alpha value is -0.610. The number of hydrogen-bond donors (Lipinski definition) is 0. The lowest BCUT2D eigenvalue weighted by Gasteiger charge is -2.21. The third kappa shape index (κ3) is 2.97. The van der Waals surface area contributed by atoms with E-state index in [1.54, 1.807) is 12.2 Å². The maximum atomic E-state index is 11.6. The molecule has 1 aliphatic heterocycles. The first kappa shape index (κ1) is 10.5. The minimum Gasteiger partial charge on any atom is -0.212 e. The molecule has 74 valence electrons. The molecule has 0 atom stereocenters. The van der Waals surface area contributed by atoms with Crippen molar-refractivity contribution in [2.45, 2.75) is 13.3 Å². The lowest BCUT2D eigenvalue weighted by atomic mass is 10.3. The fraction of sp³-hybridized carbons (Fsp3) is 0.556. The Morgan fingerprint density at radius 3 is 2.77 bits per heavy atom. The van der Waals surface area contributed by atoms with E-state index in [1.807, 2.05) is 19.1 Å². The van der Waals surface area contributed by atoms with E-state index in [9.17, 15) is 8.42 Å². The highest BCUT2D eigenvalue weighted by molar-refractivity contribution is 7.89. The van der Waals surface area contributed by atoms with Gasteiger partial charge in [-0.25, -0.2) is 8.42 Å². The van der Waals surface area contributed by atoms with Gasteiger partial charge in [-0.05, 0) is 13.3 Å². The van der Waals surface area contributed by atoms with Gasteiger partial charge in [0.25, 0.3) is 0 Å². The van der Waals surface area contributed by atoms with Crippen molar-refractivity contribution in [1.82, 2.24) is 4.31 Å². The van der Waals surface area contributed by atoms with Gasteiger partial charge in [-0.2, -0.15) is 4.31 Å². The molecule has 0 unspecified atom stereocenters. The molecule has 0 N–H and O–H groups in total. The van der Waals surface area contributed by atoms with E-state index in [0.29, 0.717) is 13.1 Å². The minimum absolute atomic E-state index is 0.122. The Labute approximate surface area is 79.8 Å². The number of hydrogen-bond acceptors (Lipinski definition) is 2. The number of rotatable bonds is 3. The summed E-state index contributed by atoms with van der Waals surface area (Å²) in [6.45, 7) is 2.97. The molecule has 0 bridgehead atoms. The summed E-state index contributed by atoms with van der Waals surface area (Å²) in [4.78, 5) is 0. The molecule has 0 aromatic heterocycles. The van der Waals surface area contributed by atoms with Gasteiger partial charge in [-0.15, -0.1) is 0 Å². The van der Waals surface area contributed by atoms with Crippen LogP contribution < -0.4 is 0 Å². The molecule has 0 aromatic rings.